The molecular formula is C24H28N2O2S2. The summed E-state index contributed by atoms with van der Waals surface area (Å²) in [6.45, 7) is 5.29. The van der Waals surface area contributed by atoms with E-state index < -0.39 is 10.7 Å². The Labute approximate surface area is 187 Å². The Morgan fingerprint density at radius 1 is 1.03 bits per heavy atom. The van der Waals surface area contributed by atoms with E-state index in [9.17, 15) is 9.90 Å². The predicted octanol–water partition coefficient (Wildman–Crippen LogP) is 5.78. The van der Waals surface area contributed by atoms with Crippen LogP contribution < -0.4 is 4.90 Å². The van der Waals surface area contributed by atoms with Crippen LogP contribution in [0.25, 0.3) is 0 Å². The van der Waals surface area contributed by atoms with E-state index in [1.54, 1.807) is 13.8 Å². The molecular weight excluding hydrogens is 412 g/mol. The number of nitrogens with zero attached hydrogens (tertiary/aromatic N) is 2. The number of thiazole rings is 1. The molecule has 1 heterocycles. The van der Waals surface area contributed by atoms with Gasteiger partial charge < -0.3 is 10.0 Å². The molecule has 0 saturated heterocycles. The van der Waals surface area contributed by atoms with Crippen LogP contribution in [0.15, 0.2) is 70.4 Å². The van der Waals surface area contributed by atoms with Gasteiger partial charge in [-0.1, -0.05) is 60.3 Å². The first-order valence-electron chi connectivity index (χ1n) is 10.1. The summed E-state index contributed by atoms with van der Waals surface area (Å²) < 4.78 is -0.0597. The maximum Gasteiger partial charge on any atom is 0.319 e. The maximum atomic E-state index is 11.4. The Hall–Kier alpha value is -2.31. The molecule has 0 spiro atoms. The van der Waals surface area contributed by atoms with Crippen molar-refractivity contribution < 1.29 is 9.90 Å². The molecule has 0 unspecified atom stereocenters. The second-order valence-corrected chi connectivity index (χ2v) is 10.4. The van der Waals surface area contributed by atoms with Gasteiger partial charge in [0.25, 0.3) is 0 Å². The van der Waals surface area contributed by atoms with Crippen molar-refractivity contribution in [3.8, 4) is 0 Å². The molecule has 0 aliphatic rings. The van der Waals surface area contributed by atoms with E-state index in [1.807, 2.05) is 11.4 Å². The molecule has 30 heavy (non-hydrogen) atoms. The highest BCUT2D eigenvalue weighted by atomic mass is 32.2. The Kier molecular flexibility index (Phi) is 7.94. The summed E-state index contributed by atoms with van der Waals surface area (Å²) in [6, 6.07) is 21.1. The Morgan fingerprint density at radius 2 is 1.70 bits per heavy atom. The molecule has 4 nitrogen and oxygen atoms in total. The third-order valence-electron chi connectivity index (χ3n) is 4.88. The van der Waals surface area contributed by atoms with Crippen LogP contribution in [0.3, 0.4) is 0 Å². The zero-order chi connectivity index (χ0) is 21.4. The topological polar surface area (TPSA) is 53.4 Å². The summed E-state index contributed by atoms with van der Waals surface area (Å²) in [4.78, 5) is 18.4. The van der Waals surface area contributed by atoms with Crippen molar-refractivity contribution in [2.24, 2.45) is 0 Å². The summed E-state index contributed by atoms with van der Waals surface area (Å²) in [6.07, 6.45) is 2.99. The Balaban J connectivity index is 1.59. The predicted molar refractivity (Wildman–Crippen MR) is 127 cm³/mol. The number of thioether (sulfide) groups is 1. The van der Waals surface area contributed by atoms with Crippen LogP contribution in [0.5, 0.6) is 0 Å². The van der Waals surface area contributed by atoms with Crippen LogP contribution in [-0.4, -0.2) is 33.9 Å². The second kappa shape index (κ2) is 10.6. The first kappa shape index (κ1) is 22.4. The zero-order valence-electron chi connectivity index (χ0n) is 17.5. The highest BCUT2D eigenvalue weighted by molar-refractivity contribution is 8.02. The molecule has 2 aromatic carbocycles. The lowest BCUT2D eigenvalue weighted by atomic mass is 10.1. The highest BCUT2D eigenvalue weighted by Crippen LogP contribution is 2.34. The molecule has 0 fully saturated rings. The Morgan fingerprint density at radius 3 is 2.37 bits per heavy atom. The van der Waals surface area contributed by atoms with Crippen LogP contribution in [-0.2, 0) is 17.6 Å². The van der Waals surface area contributed by atoms with Crippen molar-refractivity contribution in [1.82, 2.24) is 4.98 Å². The van der Waals surface area contributed by atoms with Gasteiger partial charge in [-0.05, 0) is 44.4 Å². The van der Waals surface area contributed by atoms with Gasteiger partial charge in [0.05, 0.1) is 5.69 Å². The first-order chi connectivity index (χ1) is 14.4. The number of carbonyl (C=O) groups is 1. The number of aliphatic carboxylic acids is 1. The fourth-order valence-electron chi connectivity index (χ4n) is 3.09. The van der Waals surface area contributed by atoms with Crippen molar-refractivity contribution in [1.29, 1.82) is 0 Å². The van der Waals surface area contributed by atoms with E-state index in [1.165, 1.54) is 34.3 Å². The number of carboxylic acids is 1. The average molecular weight is 441 g/mol. The van der Waals surface area contributed by atoms with Crippen LogP contribution >= 0.6 is 23.1 Å². The van der Waals surface area contributed by atoms with Crippen LogP contribution in [0.4, 0.5) is 5.69 Å². The lowest BCUT2D eigenvalue weighted by Gasteiger charge is -2.24. The summed E-state index contributed by atoms with van der Waals surface area (Å²) in [7, 11) is 0. The third-order valence-corrected chi connectivity index (χ3v) is 7.06. The molecule has 0 saturated carbocycles. The molecule has 0 aliphatic carbocycles. The van der Waals surface area contributed by atoms with Gasteiger partial charge in [-0.3, -0.25) is 4.79 Å². The lowest BCUT2D eigenvalue weighted by molar-refractivity contribution is -0.138. The number of benzene rings is 2. The number of aromatic nitrogens is 1. The van der Waals surface area contributed by atoms with Gasteiger partial charge in [0.2, 0.25) is 0 Å². The molecule has 3 rings (SSSR count). The van der Waals surface area contributed by atoms with E-state index in [4.69, 9.17) is 0 Å². The number of hydrogen-bond donors (Lipinski definition) is 1. The second-order valence-electron chi connectivity index (χ2n) is 7.68. The SMILES string of the molecule is CC(C)(Sc1nc(CCN(CCCc2ccccc2)c2ccccc2)cs1)C(=O)O. The minimum Gasteiger partial charge on any atom is -0.480 e. The molecule has 0 atom stereocenters. The molecule has 1 aromatic heterocycles. The van der Waals surface area contributed by atoms with E-state index in [2.05, 4.69) is 64.5 Å². The summed E-state index contributed by atoms with van der Waals surface area (Å²) >= 11 is 2.84. The van der Waals surface area contributed by atoms with Gasteiger partial charge in [-0.25, -0.2) is 4.98 Å². The maximum absolute atomic E-state index is 11.4. The minimum absolute atomic E-state index is 0.813. The molecule has 0 bridgehead atoms. The lowest BCUT2D eigenvalue weighted by Crippen LogP contribution is -2.27. The minimum atomic E-state index is -0.872. The van der Waals surface area contributed by atoms with Crippen molar-refractivity contribution >= 4 is 34.8 Å². The van der Waals surface area contributed by atoms with Crippen LogP contribution in [0, 0.1) is 0 Å². The van der Waals surface area contributed by atoms with Gasteiger partial charge in [-0.2, -0.15) is 0 Å². The summed E-state index contributed by atoms with van der Waals surface area (Å²) in [5.41, 5.74) is 3.61. The van der Waals surface area contributed by atoms with Crippen molar-refractivity contribution in [2.75, 3.05) is 18.0 Å². The van der Waals surface area contributed by atoms with Crippen molar-refractivity contribution in [3.63, 3.8) is 0 Å². The molecule has 6 heteroatoms. The molecule has 1 N–H and O–H groups in total. The first-order valence-corrected chi connectivity index (χ1v) is 11.8. The van der Waals surface area contributed by atoms with Gasteiger partial charge >= 0.3 is 5.97 Å². The normalized spacial score (nSPS) is 11.4. The highest BCUT2D eigenvalue weighted by Gasteiger charge is 2.29. The van der Waals surface area contributed by atoms with E-state index in [0.717, 1.165) is 42.4 Å². The van der Waals surface area contributed by atoms with Gasteiger partial charge in [0, 0.05) is 30.6 Å². The zero-order valence-corrected chi connectivity index (χ0v) is 19.1. The number of hydrogen-bond acceptors (Lipinski definition) is 5. The molecule has 0 aliphatic heterocycles. The third kappa shape index (κ3) is 6.61. The van der Waals surface area contributed by atoms with Crippen molar-refractivity contribution in [2.45, 2.75) is 42.2 Å². The fraction of sp³-hybridized carbons (Fsp3) is 0.333. The molecule has 0 amide bonds. The number of rotatable bonds is 11. The number of aryl methyl sites for hydroxylation is 1. The van der Waals surface area contributed by atoms with Crippen LogP contribution in [0.2, 0.25) is 0 Å². The van der Waals surface area contributed by atoms with Crippen molar-refractivity contribution in [3.05, 3.63) is 77.3 Å². The van der Waals surface area contributed by atoms with E-state index >= 15 is 0 Å². The number of carboxylic acid groups (broad SMARTS) is 1. The summed E-state index contributed by atoms with van der Waals surface area (Å²) in [5, 5.41) is 11.4. The number of para-hydroxylation sites is 1. The summed E-state index contributed by atoms with van der Waals surface area (Å²) in [5.74, 6) is -0.821. The monoisotopic (exact) mass is 440 g/mol. The molecule has 3 aromatic rings. The standard InChI is InChI=1S/C24H28N2O2S2/c1-24(2,22(27)28)30-23-25-20(18-29-23)15-17-26(21-13-7-4-8-14-21)16-9-12-19-10-5-3-6-11-19/h3-8,10-11,13-14,18H,9,12,15-17H2,1-2H3,(H,27,28). The number of anilines is 1. The smallest absolute Gasteiger partial charge is 0.319 e. The van der Waals surface area contributed by atoms with Gasteiger partial charge in [0.1, 0.15) is 4.75 Å². The Bertz CT molecular complexity index is 927. The van der Waals surface area contributed by atoms with E-state index in [-0.39, 0.29) is 0 Å². The largest absolute Gasteiger partial charge is 0.480 e. The molecule has 158 valence electrons. The van der Waals surface area contributed by atoms with Gasteiger partial charge in [0.15, 0.2) is 4.34 Å². The van der Waals surface area contributed by atoms with E-state index in [0.29, 0.717) is 0 Å². The molecule has 0 radical (unpaired) electrons. The fourth-order valence-corrected chi connectivity index (χ4v) is 5.31. The quantitative estimate of drug-likeness (QED) is 0.383. The van der Waals surface area contributed by atoms with Gasteiger partial charge in [-0.15, -0.1) is 11.3 Å². The average Bonchev–Trinajstić information content (AvgIpc) is 3.18. The van der Waals surface area contributed by atoms with Crippen LogP contribution in [0.1, 0.15) is 31.5 Å².